The average molecular weight is 459 g/mol. The molecule has 2 aromatic rings. The lowest BCUT2D eigenvalue weighted by atomic mass is 10.2. The van der Waals surface area contributed by atoms with Gasteiger partial charge in [-0.05, 0) is 31.2 Å². The number of hydrogen-bond acceptors (Lipinski definition) is 4. The molecule has 1 saturated heterocycles. The fraction of sp³-hybridized carbons (Fsp3) is 0.381. The first-order chi connectivity index (χ1) is 14.0. The topological polar surface area (TPSA) is 48.0 Å². The minimum atomic E-state index is -0.656. The summed E-state index contributed by atoms with van der Waals surface area (Å²) >= 11 is 18.4. The van der Waals surface area contributed by atoms with Crippen LogP contribution in [0.15, 0.2) is 42.5 Å². The Bertz CT molecular complexity index is 828. The number of rotatable bonds is 7. The zero-order valence-corrected chi connectivity index (χ0v) is 18.2. The van der Waals surface area contributed by atoms with Crippen LogP contribution in [-0.4, -0.2) is 49.3 Å². The molecule has 0 N–H and O–H groups in total. The number of benzene rings is 2. The second-order valence-corrected chi connectivity index (χ2v) is 7.90. The SMILES string of the molecule is CC(Oc1ccccc1Cl)C(=O)N1CCOC(COCc2c(Cl)cccc2Cl)C1. The molecule has 0 saturated carbocycles. The van der Waals surface area contributed by atoms with E-state index in [1.807, 2.05) is 12.1 Å². The fourth-order valence-electron chi connectivity index (χ4n) is 3.02. The van der Waals surface area contributed by atoms with Crippen LogP contribution in [0.1, 0.15) is 12.5 Å². The highest BCUT2D eigenvalue weighted by Gasteiger charge is 2.28. The van der Waals surface area contributed by atoms with Crippen molar-refractivity contribution in [3.63, 3.8) is 0 Å². The highest BCUT2D eigenvalue weighted by atomic mass is 35.5. The summed E-state index contributed by atoms with van der Waals surface area (Å²) in [7, 11) is 0. The molecule has 1 aliphatic rings. The maximum Gasteiger partial charge on any atom is 0.263 e. The molecule has 1 aliphatic heterocycles. The monoisotopic (exact) mass is 457 g/mol. The Balaban J connectivity index is 1.50. The normalized spacial score (nSPS) is 17.8. The van der Waals surface area contributed by atoms with Gasteiger partial charge in [0.25, 0.3) is 5.91 Å². The van der Waals surface area contributed by atoms with Crippen LogP contribution in [0.5, 0.6) is 5.75 Å². The first kappa shape index (κ1) is 22.2. The van der Waals surface area contributed by atoms with E-state index in [9.17, 15) is 4.79 Å². The summed E-state index contributed by atoms with van der Waals surface area (Å²) in [6.07, 6.45) is -0.891. The van der Waals surface area contributed by atoms with Crippen molar-refractivity contribution in [2.24, 2.45) is 0 Å². The van der Waals surface area contributed by atoms with Crippen LogP contribution in [-0.2, 0) is 20.9 Å². The lowest BCUT2D eigenvalue weighted by Gasteiger charge is -2.34. The van der Waals surface area contributed by atoms with Crippen LogP contribution in [0.25, 0.3) is 0 Å². The van der Waals surface area contributed by atoms with Gasteiger partial charge in [0.2, 0.25) is 0 Å². The van der Waals surface area contributed by atoms with Gasteiger partial charge in [0, 0.05) is 28.7 Å². The molecular formula is C21H22Cl3NO4. The summed E-state index contributed by atoms with van der Waals surface area (Å²) < 4.78 is 17.2. The van der Waals surface area contributed by atoms with Crippen molar-refractivity contribution in [1.82, 2.24) is 4.90 Å². The van der Waals surface area contributed by atoms with Gasteiger partial charge in [-0.15, -0.1) is 0 Å². The van der Waals surface area contributed by atoms with E-state index in [4.69, 9.17) is 49.0 Å². The van der Waals surface area contributed by atoms with Crippen LogP contribution < -0.4 is 4.74 Å². The molecule has 3 rings (SSSR count). The Morgan fingerprint density at radius 3 is 2.55 bits per heavy atom. The second-order valence-electron chi connectivity index (χ2n) is 6.68. The standard InChI is InChI=1S/C21H22Cl3NO4/c1-14(29-20-8-3-2-5-19(20)24)21(26)25-9-10-28-15(11-25)12-27-13-16-17(22)6-4-7-18(16)23/h2-8,14-15H,9-13H2,1H3. The molecule has 29 heavy (non-hydrogen) atoms. The average Bonchev–Trinajstić information content (AvgIpc) is 2.71. The molecule has 0 aliphatic carbocycles. The first-order valence-corrected chi connectivity index (χ1v) is 10.4. The van der Waals surface area contributed by atoms with Crippen molar-refractivity contribution in [3.8, 4) is 5.75 Å². The number of morpholine rings is 1. The summed E-state index contributed by atoms with van der Waals surface area (Å²) in [5.74, 6) is 0.368. The van der Waals surface area contributed by atoms with Gasteiger partial charge in [0.15, 0.2) is 6.10 Å². The Morgan fingerprint density at radius 1 is 1.14 bits per heavy atom. The predicted molar refractivity (Wildman–Crippen MR) is 114 cm³/mol. The predicted octanol–water partition coefficient (Wildman–Crippen LogP) is 4.86. The van der Waals surface area contributed by atoms with Gasteiger partial charge in [-0.25, -0.2) is 0 Å². The highest BCUT2D eigenvalue weighted by Crippen LogP contribution is 2.26. The molecule has 1 amide bonds. The molecule has 1 heterocycles. The molecule has 0 aromatic heterocycles. The van der Waals surface area contributed by atoms with Crippen LogP contribution in [0.3, 0.4) is 0 Å². The molecule has 5 nitrogen and oxygen atoms in total. The van der Waals surface area contributed by atoms with Crippen LogP contribution in [0.2, 0.25) is 15.1 Å². The number of para-hydroxylation sites is 1. The van der Waals surface area contributed by atoms with E-state index in [1.165, 1.54) is 0 Å². The smallest absolute Gasteiger partial charge is 0.263 e. The highest BCUT2D eigenvalue weighted by molar-refractivity contribution is 6.36. The zero-order valence-electron chi connectivity index (χ0n) is 15.9. The molecule has 8 heteroatoms. The molecule has 0 spiro atoms. The third-order valence-corrected chi connectivity index (χ3v) is 5.57. The zero-order chi connectivity index (χ0) is 20.8. The number of ether oxygens (including phenoxy) is 3. The largest absolute Gasteiger partial charge is 0.479 e. The van der Waals surface area contributed by atoms with Gasteiger partial charge in [0.05, 0.1) is 30.9 Å². The number of halogens is 3. The van der Waals surface area contributed by atoms with Crippen LogP contribution >= 0.6 is 34.8 Å². The molecule has 156 valence electrons. The van der Waals surface area contributed by atoms with Crippen LogP contribution in [0.4, 0.5) is 0 Å². The molecule has 1 fully saturated rings. The molecule has 0 radical (unpaired) electrons. The van der Waals surface area contributed by atoms with Crippen molar-refractivity contribution in [1.29, 1.82) is 0 Å². The van der Waals surface area contributed by atoms with Gasteiger partial charge in [-0.1, -0.05) is 53.0 Å². The van der Waals surface area contributed by atoms with E-state index < -0.39 is 6.10 Å². The number of carbonyl (C=O) groups is 1. The number of carbonyl (C=O) groups excluding carboxylic acids is 1. The third-order valence-electron chi connectivity index (χ3n) is 4.55. The summed E-state index contributed by atoms with van der Waals surface area (Å²) in [4.78, 5) is 14.5. The van der Waals surface area contributed by atoms with E-state index in [0.29, 0.717) is 47.1 Å². The van der Waals surface area contributed by atoms with Crippen LogP contribution in [0, 0.1) is 0 Å². The minimum absolute atomic E-state index is 0.118. The first-order valence-electron chi connectivity index (χ1n) is 9.28. The lowest BCUT2D eigenvalue weighted by molar-refractivity contribution is -0.148. The van der Waals surface area contributed by atoms with E-state index in [0.717, 1.165) is 5.56 Å². The van der Waals surface area contributed by atoms with Gasteiger partial charge in [-0.3, -0.25) is 4.79 Å². The Morgan fingerprint density at radius 2 is 1.83 bits per heavy atom. The van der Waals surface area contributed by atoms with E-state index >= 15 is 0 Å². The minimum Gasteiger partial charge on any atom is -0.479 e. The molecule has 0 bridgehead atoms. The van der Waals surface area contributed by atoms with Crippen molar-refractivity contribution in [2.45, 2.75) is 25.7 Å². The summed E-state index contributed by atoms with van der Waals surface area (Å²) in [6, 6.07) is 12.4. The molecule has 2 unspecified atom stereocenters. The van der Waals surface area contributed by atoms with Gasteiger partial charge in [0.1, 0.15) is 5.75 Å². The lowest BCUT2D eigenvalue weighted by Crippen LogP contribution is -2.50. The molecule has 2 atom stereocenters. The van der Waals surface area contributed by atoms with Gasteiger partial charge in [-0.2, -0.15) is 0 Å². The number of nitrogens with zero attached hydrogens (tertiary/aromatic N) is 1. The Hall–Kier alpha value is -1.50. The van der Waals surface area contributed by atoms with E-state index in [-0.39, 0.29) is 18.6 Å². The third kappa shape index (κ3) is 6.00. The van der Waals surface area contributed by atoms with Crippen molar-refractivity contribution >= 4 is 40.7 Å². The van der Waals surface area contributed by atoms with E-state index in [2.05, 4.69) is 0 Å². The van der Waals surface area contributed by atoms with Crippen molar-refractivity contribution in [3.05, 3.63) is 63.1 Å². The fourth-order valence-corrected chi connectivity index (χ4v) is 3.71. The summed E-state index contributed by atoms with van der Waals surface area (Å²) in [6.45, 7) is 3.67. The quantitative estimate of drug-likeness (QED) is 0.594. The number of hydrogen-bond donors (Lipinski definition) is 0. The van der Waals surface area contributed by atoms with E-state index in [1.54, 1.807) is 42.2 Å². The maximum absolute atomic E-state index is 12.8. The maximum atomic E-state index is 12.8. The molecule has 2 aromatic carbocycles. The number of amides is 1. The summed E-state index contributed by atoms with van der Waals surface area (Å²) in [5.41, 5.74) is 0.737. The Labute approximate surface area is 185 Å². The Kier molecular flexibility index (Phi) is 8.04. The summed E-state index contributed by atoms with van der Waals surface area (Å²) in [5, 5.41) is 1.59. The van der Waals surface area contributed by atoms with Crippen molar-refractivity contribution < 1.29 is 19.0 Å². The van der Waals surface area contributed by atoms with Gasteiger partial charge >= 0.3 is 0 Å². The second kappa shape index (κ2) is 10.5. The van der Waals surface area contributed by atoms with Gasteiger partial charge < -0.3 is 19.1 Å². The van der Waals surface area contributed by atoms with Crippen molar-refractivity contribution in [2.75, 3.05) is 26.3 Å². The molecular weight excluding hydrogens is 437 g/mol.